The fourth-order valence-electron chi connectivity index (χ4n) is 1.44. The highest BCUT2D eigenvalue weighted by Crippen LogP contribution is 2.15. The highest BCUT2D eigenvalue weighted by atomic mass is 32.2. The number of ether oxygens (including phenoxy) is 1. The van der Waals surface area contributed by atoms with Crippen LogP contribution in [0.15, 0.2) is 44.5 Å². The Balaban J connectivity index is 1.71. The van der Waals surface area contributed by atoms with Crippen molar-refractivity contribution in [1.82, 2.24) is 4.72 Å². The molecule has 0 amide bonds. The van der Waals surface area contributed by atoms with Gasteiger partial charge in [0.05, 0.1) is 19.0 Å². The topological polar surface area (TPSA) is 88.8 Å². The van der Waals surface area contributed by atoms with E-state index in [2.05, 4.69) is 4.72 Å². The van der Waals surface area contributed by atoms with E-state index in [-0.39, 0.29) is 24.0 Å². The normalized spacial score (nSPS) is 13.4. The van der Waals surface area contributed by atoms with Crippen molar-refractivity contribution in [2.24, 2.45) is 0 Å². The lowest BCUT2D eigenvalue weighted by Gasteiger charge is -2.11. The summed E-state index contributed by atoms with van der Waals surface area (Å²) in [5, 5.41) is 11.3. The standard InChI is InChI=1S/C12H15NO5S2/c14-10(8-17-9-11-3-1-5-18-11)7-13-20(15,16)12-4-2-6-19-12/h1-6,10,13-14H,7-9H2/t10-/m1/s1. The van der Waals surface area contributed by atoms with Crippen molar-refractivity contribution in [2.75, 3.05) is 13.2 Å². The number of rotatable bonds is 8. The van der Waals surface area contributed by atoms with Gasteiger partial charge in [-0.15, -0.1) is 11.3 Å². The van der Waals surface area contributed by atoms with Gasteiger partial charge in [0.15, 0.2) is 0 Å². The maximum Gasteiger partial charge on any atom is 0.250 e. The van der Waals surface area contributed by atoms with Crippen LogP contribution in [-0.4, -0.2) is 32.8 Å². The van der Waals surface area contributed by atoms with Gasteiger partial charge < -0.3 is 14.3 Å². The molecule has 0 aliphatic carbocycles. The van der Waals surface area contributed by atoms with Crippen LogP contribution >= 0.6 is 11.3 Å². The van der Waals surface area contributed by atoms with E-state index in [1.165, 1.54) is 12.3 Å². The fraction of sp³-hybridized carbons (Fsp3) is 0.333. The third-order valence-electron chi connectivity index (χ3n) is 2.40. The lowest BCUT2D eigenvalue weighted by molar-refractivity contribution is 0.0249. The number of sulfonamides is 1. The molecule has 2 aromatic heterocycles. The van der Waals surface area contributed by atoms with Gasteiger partial charge in [-0.25, -0.2) is 13.1 Å². The first kappa shape index (κ1) is 15.2. The number of thiophene rings is 1. The first-order valence-electron chi connectivity index (χ1n) is 5.89. The molecule has 0 unspecified atom stereocenters. The number of nitrogens with one attached hydrogen (secondary N) is 1. The van der Waals surface area contributed by atoms with Crippen molar-refractivity contribution in [2.45, 2.75) is 16.9 Å². The quantitative estimate of drug-likeness (QED) is 0.763. The molecule has 0 spiro atoms. The van der Waals surface area contributed by atoms with Crippen LogP contribution in [0.25, 0.3) is 0 Å². The predicted molar refractivity (Wildman–Crippen MR) is 73.9 cm³/mol. The molecule has 20 heavy (non-hydrogen) atoms. The molecule has 0 bridgehead atoms. The Kier molecular flexibility index (Phi) is 5.32. The van der Waals surface area contributed by atoms with Crippen molar-refractivity contribution in [3.05, 3.63) is 41.7 Å². The summed E-state index contributed by atoms with van der Waals surface area (Å²) in [6, 6.07) is 6.66. The van der Waals surface area contributed by atoms with E-state index in [0.29, 0.717) is 5.76 Å². The van der Waals surface area contributed by atoms with Crippen LogP contribution in [0.2, 0.25) is 0 Å². The molecule has 1 atom stereocenters. The molecule has 0 aromatic carbocycles. The Morgan fingerprint density at radius 1 is 1.40 bits per heavy atom. The number of furan rings is 1. The van der Waals surface area contributed by atoms with Crippen LogP contribution < -0.4 is 4.72 Å². The zero-order chi connectivity index (χ0) is 14.4. The van der Waals surface area contributed by atoms with Gasteiger partial charge in [-0.1, -0.05) is 6.07 Å². The second kappa shape index (κ2) is 7.00. The van der Waals surface area contributed by atoms with E-state index in [1.54, 1.807) is 23.6 Å². The molecule has 2 N–H and O–H groups in total. The molecule has 0 saturated heterocycles. The zero-order valence-electron chi connectivity index (χ0n) is 10.6. The van der Waals surface area contributed by atoms with E-state index < -0.39 is 16.1 Å². The fourth-order valence-corrected chi connectivity index (χ4v) is 3.55. The van der Waals surface area contributed by atoms with Gasteiger partial charge in [-0.2, -0.15) is 0 Å². The summed E-state index contributed by atoms with van der Waals surface area (Å²) in [6.45, 7) is 0.160. The summed E-state index contributed by atoms with van der Waals surface area (Å²) < 4.78 is 36.4. The Bertz CT molecular complexity index is 592. The van der Waals surface area contributed by atoms with Crippen LogP contribution in [0.3, 0.4) is 0 Å². The zero-order valence-corrected chi connectivity index (χ0v) is 12.2. The Labute approximate surface area is 121 Å². The Morgan fingerprint density at radius 2 is 2.25 bits per heavy atom. The third kappa shape index (κ3) is 4.43. The van der Waals surface area contributed by atoms with Crippen LogP contribution in [0, 0.1) is 0 Å². The second-order valence-electron chi connectivity index (χ2n) is 4.03. The van der Waals surface area contributed by atoms with E-state index in [1.807, 2.05) is 0 Å². The van der Waals surface area contributed by atoms with Crippen molar-refractivity contribution in [3.63, 3.8) is 0 Å². The van der Waals surface area contributed by atoms with E-state index in [4.69, 9.17) is 9.15 Å². The molecule has 0 radical (unpaired) electrons. The molecule has 2 heterocycles. The molecule has 0 saturated carbocycles. The summed E-state index contributed by atoms with van der Waals surface area (Å²) in [6.07, 6.45) is 0.615. The minimum atomic E-state index is -3.55. The molecule has 2 aromatic rings. The SMILES string of the molecule is O=S(=O)(NC[C@@H](O)COCc1ccco1)c1cccs1. The minimum Gasteiger partial charge on any atom is -0.467 e. The maximum atomic E-state index is 11.8. The van der Waals surface area contributed by atoms with E-state index in [9.17, 15) is 13.5 Å². The van der Waals surface area contributed by atoms with Crippen molar-refractivity contribution in [3.8, 4) is 0 Å². The minimum absolute atomic E-state index is 0.0215. The van der Waals surface area contributed by atoms with Crippen LogP contribution in [0.4, 0.5) is 0 Å². The summed E-state index contributed by atoms with van der Waals surface area (Å²) in [5.74, 6) is 0.649. The molecule has 0 fully saturated rings. The molecule has 0 aliphatic rings. The first-order chi connectivity index (χ1) is 9.58. The van der Waals surface area contributed by atoms with E-state index >= 15 is 0 Å². The molecule has 8 heteroatoms. The van der Waals surface area contributed by atoms with Gasteiger partial charge in [0.25, 0.3) is 0 Å². The molecular weight excluding hydrogens is 302 g/mol. The van der Waals surface area contributed by atoms with Gasteiger partial charge in [0.2, 0.25) is 10.0 Å². The number of aliphatic hydroxyl groups excluding tert-OH is 1. The number of aliphatic hydroxyl groups is 1. The molecule has 6 nitrogen and oxygen atoms in total. The molecule has 0 aliphatic heterocycles. The smallest absolute Gasteiger partial charge is 0.250 e. The average Bonchev–Trinajstić information content (AvgIpc) is 3.09. The lowest BCUT2D eigenvalue weighted by Crippen LogP contribution is -2.34. The van der Waals surface area contributed by atoms with Crippen LogP contribution in [0.1, 0.15) is 5.76 Å². The van der Waals surface area contributed by atoms with Gasteiger partial charge in [-0.05, 0) is 23.6 Å². The Morgan fingerprint density at radius 3 is 2.90 bits per heavy atom. The summed E-state index contributed by atoms with van der Waals surface area (Å²) in [5.41, 5.74) is 0. The van der Waals surface area contributed by atoms with Gasteiger partial charge in [0, 0.05) is 6.54 Å². The summed E-state index contributed by atoms with van der Waals surface area (Å²) in [7, 11) is -3.55. The number of hydrogen-bond donors (Lipinski definition) is 2. The summed E-state index contributed by atoms with van der Waals surface area (Å²) >= 11 is 1.12. The van der Waals surface area contributed by atoms with Gasteiger partial charge in [-0.3, -0.25) is 0 Å². The van der Waals surface area contributed by atoms with Gasteiger partial charge >= 0.3 is 0 Å². The van der Waals surface area contributed by atoms with E-state index in [0.717, 1.165) is 11.3 Å². The van der Waals surface area contributed by atoms with Crippen molar-refractivity contribution < 1.29 is 22.7 Å². The van der Waals surface area contributed by atoms with Crippen LogP contribution in [0.5, 0.6) is 0 Å². The first-order valence-corrected chi connectivity index (χ1v) is 8.25. The Hall–Kier alpha value is -1.19. The summed E-state index contributed by atoms with van der Waals surface area (Å²) in [4.78, 5) is 0. The number of hydrogen-bond acceptors (Lipinski definition) is 6. The highest BCUT2D eigenvalue weighted by Gasteiger charge is 2.16. The molecule has 110 valence electrons. The molecule has 2 rings (SSSR count). The predicted octanol–water partition coefficient (Wildman–Crippen LogP) is 1.20. The third-order valence-corrected chi connectivity index (χ3v) is 5.22. The molecular formula is C12H15NO5S2. The second-order valence-corrected chi connectivity index (χ2v) is 6.97. The largest absolute Gasteiger partial charge is 0.467 e. The highest BCUT2D eigenvalue weighted by molar-refractivity contribution is 7.91. The van der Waals surface area contributed by atoms with Crippen molar-refractivity contribution in [1.29, 1.82) is 0 Å². The maximum absolute atomic E-state index is 11.8. The lowest BCUT2D eigenvalue weighted by atomic mass is 10.4. The van der Waals surface area contributed by atoms with Crippen molar-refractivity contribution >= 4 is 21.4 Å². The van der Waals surface area contributed by atoms with Crippen LogP contribution in [-0.2, 0) is 21.4 Å². The monoisotopic (exact) mass is 317 g/mol. The average molecular weight is 317 g/mol. The van der Waals surface area contributed by atoms with Gasteiger partial charge in [0.1, 0.15) is 16.6 Å².